The van der Waals surface area contributed by atoms with Gasteiger partial charge in [-0.3, -0.25) is 9.69 Å². The topological polar surface area (TPSA) is 57.8 Å². The third-order valence-corrected chi connectivity index (χ3v) is 8.12. The minimum Gasteiger partial charge on any atom is -0.494 e. The van der Waals surface area contributed by atoms with Crippen molar-refractivity contribution in [2.75, 3.05) is 46.0 Å². The van der Waals surface area contributed by atoms with Crippen LogP contribution in [0.4, 0.5) is 0 Å². The Morgan fingerprint density at radius 1 is 0.949 bits per heavy atom. The highest BCUT2D eigenvalue weighted by Gasteiger charge is 2.35. The van der Waals surface area contributed by atoms with Crippen molar-refractivity contribution < 1.29 is 14.3 Å². The maximum atomic E-state index is 13.8. The molecule has 1 fully saturated rings. The van der Waals surface area contributed by atoms with E-state index in [1.807, 2.05) is 35.2 Å². The first kappa shape index (κ1) is 26.2. The molecule has 39 heavy (non-hydrogen) atoms. The van der Waals surface area contributed by atoms with Gasteiger partial charge < -0.3 is 19.4 Å². The van der Waals surface area contributed by atoms with E-state index in [0.29, 0.717) is 28.8 Å². The molecule has 0 bridgehead atoms. The summed E-state index contributed by atoms with van der Waals surface area (Å²) in [7, 11) is 0. The van der Waals surface area contributed by atoms with Crippen LogP contribution in [0.2, 0.25) is 10.0 Å². The molecule has 3 heterocycles. The predicted molar refractivity (Wildman–Crippen MR) is 155 cm³/mol. The minimum absolute atomic E-state index is 0.0255. The SMILES string of the molecule is O=C(c1ccc(Cl)cc1)N1CCc2c([nH]c3ccc(Cl)cc23)C1c1ccc(OCCCN2CCOCC2)cc1. The number of H-pyrrole nitrogens is 1. The second-order valence-corrected chi connectivity index (χ2v) is 11.0. The Hall–Kier alpha value is -3.03. The summed E-state index contributed by atoms with van der Waals surface area (Å²) in [5.74, 6) is 0.804. The van der Waals surface area contributed by atoms with Crippen molar-refractivity contribution in [1.29, 1.82) is 0 Å². The molecule has 202 valence electrons. The number of hydrogen-bond acceptors (Lipinski definition) is 4. The van der Waals surface area contributed by atoms with Crippen LogP contribution in [0.25, 0.3) is 10.9 Å². The van der Waals surface area contributed by atoms with E-state index < -0.39 is 0 Å². The summed E-state index contributed by atoms with van der Waals surface area (Å²) in [5, 5.41) is 2.43. The lowest BCUT2D eigenvalue weighted by molar-refractivity contribution is 0.0358. The average molecular weight is 565 g/mol. The minimum atomic E-state index is -0.265. The second kappa shape index (κ2) is 11.6. The number of amides is 1. The summed E-state index contributed by atoms with van der Waals surface area (Å²) < 4.78 is 11.5. The predicted octanol–water partition coefficient (Wildman–Crippen LogP) is 6.36. The highest BCUT2D eigenvalue weighted by Crippen LogP contribution is 2.40. The highest BCUT2D eigenvalue weighted by molar-refractivity contribution is 6.31. The molecule has 1 N–H and O–H groups in total. The van der Waals surface area contributed by atoms with Crippen LogP contribution < -0.4 is 4.74 Å². The van der Waals surface area contributed by atoms with E-state index in [9.17, 15) is 4.79 Å². The smallest absolute Gasteiger partial charge is 0.254 e. The van der Waals surface area contributed by atoms with Gasteiger partial charge >= 0.3 is 0 Å². The molecule has 1 saturated heterocycles. The molecular formula is C31H31Cl2N3O3. The van der Waals surface area contributed by atoms with Gasteiger partial charge in [-0.25, -0.2) is 0 Å². The van der Waals surface area contributed by atoms with Gasteiger partial charge in [-0.05, 0) is 78.6 Å². The Kier molecular flexibility index (Phi) is 7.80. The Morgan fingerprint density at radius 3 is 2.46 bits per heavy atom. The zero-order valence-corrected chi connectivity index (χ0v) is 23.2. The number of fused-ring (bicyclic) bond motifs is 3. The molecule has 1 unspecified atom stereocenters. The van der Waals surface area contributed by atoms with Crippen LogP contribution in [0.15, 0.2) is 66.7 Å². The van der Waals surface area contributed by atoms with E-state index >= 15 is 0 Å². The van der Waals surface area contributed by atoms with Crippen molar-refractivity contribution in [2.24, 2.45) is 0 Å². The number of carbonyl (C=O) groups is 1. The summed E-state index contributed by atoms with van der Waals surface area (Å²) in [4.78, 5) is 21.7. The molecule has 1 amide bonds. The number of benzene rings is 3. The highest BCUT2D eigenvalue weighted by atomic mass is 35.5. The number of hydrogen-bond donors (Lipinski definition) is 1. The standard InChI is InChI=1S/C31H31Cl2N3O3/c32-23-6-2-22(3-7-23)31(37)36-14-12-26-27-20-24(33)8-11-28(27)34-29(26)30(36)21-4-9-25(10-5-21)39-17-1-13-35-15-18-38-19-16-35/h2-11,20,30,34H,1,12-19H2. The molecule has 1 aromatic heterocycles. The molecule has 0 saturated carbocycles. The molecule has 6 rings (SSSR count). The van der Waals surface area contributed by atoms with E-state index in [1.165, 1.54) is 5.56 Å². The van der Waals surface area contributed by atoms with Gasteiger partial charge in [0.25, 0.3) is 5.91 Å². The summed E-state index contributed by atoms with van der Waals surface area (Å²) in [6.07, 6.45) is 1.71. The van der Waals surface area contributed by atoms with Crippen molar-refractivity contribution in [3.63, 3.8) is 0 Å². The Labute approximate surface area is 238 Å². The molecule has 4 aromatic rings. The molecule has 0 aliphatic carbocycles. The molecule has 2 aliphatic rings. The van der Waals surface area contributed by atoms with Gasteiger partial charge in [0.2, 0.25) is 0 Å². The molecular weight excluding hydrogens is 533 g/mol. The first-order chi connectivity index (χ1) is 19.1. The summed E-state index contributed by atoms with van der Waals surface area (Å²) in [6, 6.07) is 20.9. The van der Waals surface area contributed by atoms with Crippen LogP contribution in [0, 0.1) is 0 Å². The number of rotatable bonds is 7. The van der Waals surface area contributed by atoms with Gasteiger partial charge in [-0.1, -0.05) is 35.3 Å². The maximum Gasteiger partial charge on any atom is 0.254 e. The summed E-state index contributed by atoms with van der Waals surface area (Å²) >= 11 is 12.4. The third kappa shape index (κ3) is 5.66. The number of nitrogens with one attached hydrogen (secondary N) is 1. The summed E-state index contributed by atoms with van der Waals surface area (Å²) in [6.45, 7) is 5.87. The van der Waals surface area contributed by atoms with E-state index in [0.717, 1.165) is 73.6 Å². The van der Waals surface area contributed by atoms with Crippen molar-refractivity contribution in [2.45, 2.75) is 18.9 Å². The Balaban J connectivity index is 1.25. The lowest BCUT2D eigenvalue weighted by atomic mass is 9.91. The van der Waals surface area contributed by atoms with Gasteiger partial charge in [0.1, 0.15) is 5.75 Å². The van der Waals surface area contributed by atoms with Crippen molar-refractivity contribution in [1.82, 2.24) is 14.8 Å². The van der Waals surface area contributed by atoms with Crippen LogP contribution in [0.1, 0.15) is 39.6 Å². The lowest BCUT2D eigenvalue weighted by Gasteiger charge is -2.36. The van der Waals surface area contributed by atoms with Crippen LogP contribution in [-0.4, -0.2) is 66.7 Å². The lowest BCUT2D eigenvalue weighted by Crippen LogP contribution is -2.40. The zero-order chi connectivity index (χ0) is 26.8. The normalized spacial score (nSPS) is 17.8. The molecule has 3 aromatic carbocycles. The number of nitrogens with zero attached hydrogens (tertiary/aromatic N) is 2. The quantitative estimate of drug-likeness (QED) is 0.266. The van der Waals surface area contributed by atoms with E-state index in [4.69, 9.17) is 32.7 Å². The molecule has 0 spiro atoms. The van der Waals surface area contributed by atoms with Gasteiger partial charge in [0.05, 0.1) is 25.9 Å². The van der Waals surface area contributed by atoms with Crippen LogP contribution in [0.3, 0.4) is 0 Å². The van der Waals surface area contributed by atoms with Gasteiger partial charge in [0.15, 0.2) is 0 Å². The number of aromatic amines is 1. The summed E-state index contributed by atoms with van der Waals surface area (Å²) in [5.41, 5.74) is 4.90. The number of morpholine rings is 1. The van der Waals surface area contributed by atoms with Crippen molar-refractivity contribution >= 4 is 40.0 Å². The van der Waals surface area contributed by atoms with Crippen LogP contribution in [-0.2, 0) is 11.2 Å². The number of aromatic nitrogens is 1. The molecule has 1 atom stereocenters. The fourth-order valence-electron chi connectivity index (χ4n) is 5.63. The van der Waals surface area contributed by atoms with Crippen molar-refractivity contribution in [3.8, 4) is 5.75 Å². The molecule has 8 heteroatoms. The molecule has 6 nitrogen and oxygen atoms in total. The van der Waals surface area contributed by atoms with Gasteiger partial charge in [-0.15, -0.1) is 0 Å². The van der Waals surface area contributed by atoms with Crippen LogP contribution >= 0.6 is 23.2 Å². The first-order valence-corrected chi connectivity index (χ1v) is 14.2. The third-order valence-electron chi connectivity index (χ3n) is 7.63. The average Bonchev–Trinajstić information content (AvgIpc) is 3.33. The largest absolute Gasteiger partial charge is 0.494 e. The molecule has 2 aliphatic heterocycles. The van der Waals surface area contributed by atoms with Crippen molar-refractivity contribution in [3.05, 3.63) is 99.2 Å². The number of ether oxygens (including phenoxy) is 2. The van der Waals surface area contributed by atoms with Gasteiger partial charge in [-0.2, -0.15) is 0 Å². The Bertz CT molecular complexity index is 1450. The number of halogens is 2. The first-order valence-electron chi connectivity index (χ1n) is 13.5. The second-order valence-electron chi connectivity index (χ2n) is 10.1. The van der Waals surface area contributed by atoms with Crippen LogP contribution in [0.5, 0.6) is 5.75 Å². The van der Waals surface area contributed by atoms with Gasteiger partial charge in [0, 0.05) is 58.4 Å². The fraction of sp³-hybridized carbons (Fsp3) is 0.323. The van der Waals surface area contributed by atoms with E-state index in [1.54, 1.807) is 24.3 Å². The zero-order valence-electron chi connectivity index (χ0n) is 21.7. The van der Waals surface area contributed by atoms with E-state index in [-0.39, 0.29) is 11.9 Å². The maximum absolute atomic E-state index is 13.8. The van der Waals surface area contributed by atoms with E-state index in [2.05, 4.69) is 22.0 Å². The number of carbonyl (C=O) groups excluding carboxylic acids is 1. The Morgan fingerprint density at radius 2 is 1.69 bits per heavy atom. The monoisotopic (exact) mass is 563 g/mol. The molecule has 0 radical (unpaired) electrons. The fourth-order valence-corrected chi connectivity index (χ4v) is 5.93.